The maximum atomic E-state index is 5.46. The van der Waals surface area contributed by atoms with Crippen molar-refractivity contribution in [1.82, 2.24) is 0 Å². The van der Waals surface area contributed by atoms with Gasteiger partial charge in [0.05, 0.1) is 35.5 Å². The smallest absolute Gasteiger partial charge is 0.203 e. The van der Waals surface area contributed by atoms with Crippen molar-refractivity contribution in [2.75, 3.05) is 35.5 Å². The van der Waals surface area contributed by atoms with Crippen LogP contribution in [0.3, 0.4) is 0 Å². The van der Waals surface area contributed by atoms with E-state index in [1.807, 2.05) is 12.1 Å². The summed E-state index contributed by atoms with van der Waals surface area (Å²) < 4.78 is 26.9. The second-order valence-corrected chi connectivity index (χ2v) is 4.37. The van der Waals surface area contributed by atoms with Crippen LogP contribution in [0, 0.1) is 6.07 Å². The first kappa shape index (κ1) is 15.8. The Bertz CT molecular complexity index is 626. The Kier molecular flexibility index (Phi) is 4.99. The van der Waals surface area contributed by atoms with Crippen LogP contribution in [0.4, 0.5) is 0 Å². The second-order valence-electron chi connectivity index (χ2n) is 4.37. The highest BCUT2D eigenvalue weighted by molar-refractivity contribution is 5.77. The quantitative estimate of drug-likeness (QED) is 0.820. The molecular formula is C17H19O5. The van der Waals surface area contributed by atoms with Crippen molar-refractivity contribution >= 4 is 0 Å². The van der Waals surface area contributed by atoms with Crippen LogP contribution in [0.5, 0.6) is 28.7 Å². The lowest BCUT2D eigenvalue weighted by atomic mass is 10.0. The number of hydrogen-bond donors (Lipinski definition) is 0. The zero-order valence-electron chi connectivity index (χ0n) is 13.4. The molecule has 0 fully saturated rings. The molecule has 0 aliphatic heterocycles. The van der Waals surface area contributed by atoms with Gasteiger partial charge in [0, 0.05) is 5.56 Å². The molecule has 2 rings (SSSR count). The van der Waals surface area contributed by atoms with Gasteiger partial charge in [-0.3, -0.25) is 0 Å². The normalized spacial score (nSPS) is 10.0. The molecule has 0 bridgehead atoms. The van der Waals surface area contributed by atoms with E-state index in [4.69, 9.17) is 23.7 Å². The van der Waals surface area contributed by atoms with Crippen molar-refractivity contribution in [3.63, 3.8) is 0 Å². The first-order valence-electron chi connectivity index (χ1n) is 6.63. The maximum Gasteiger partial charge on any atom is 0.203 e. The molecule has 0 saturated heterocycles. The third-order valence-electron chi connectivity index (χ3n) is 3.29. The molecule has 0 saturated carbocycles. The lowest BCUT2D eigenvalue weighted by Gasteiger charge is -2.16. The van der Waals surface area contributed by atoms with E-state index in [2.05, 4.69) is 6.07 Å². The summed E-state index contributed by atoms with van der Waals surface area (Å²) in [4.78, 5) is 0. The predicted molar refractivity (Wildman–Crippen MR) is 83.5 cm³/mol. The number of rotatable bonds is 6. The van der Waals surface area contributed by atoms with Crippen molar-refractivity contribution in [1.29, 1.82) is 0 Å². The molecular weight excluding hydrogens is 284 g/mol. The van der Waals surface area contributed by atoms with Gasteiger partial charge in [-0.1, -0.05) is 0 Å². The molecule has 0 aliphatic rings. The molecule has 2 aromatic rings. The lowest BCUT2D eigenvalue weighted by molar-refractivity contribution is 0.324. The first-order valence-corrected chi connectivity index (χ1v) is 6.63. The average Bonchev–Trinajstić information content (AvgIpc) is 2.59. The molecule has 0 N–H and O–H groups in total. The SMILES string of the molecule is COc1cc[c]c(-c2cc(OC)c(OC)c(OC)c2)c1OC. The van der Waals surface area contributed by atoms with Gasteiger partial charge in [-0.25, -0.2) is 0 Å². The first-order chi connectivity index (χ1) is 10.7. The van der Waals surface area contributed by atoms with Crippen LogP contribution in [-0.4, -0.2) is 35.5 Å². The molecule has 0 amide bonds. The summed E-state index contributed by atoms with van der Waals surface area (Å²) in [7, 11) is 7.91. The molecule has 117 valence electrons. The molecule has 0 unspecified atom stereocenters. The Hall–Kier alpha value is -2.56. The fourth-order valence-electron chi connectivity index (χ4n) is 2.27. The van der Waals surface area contributed by atoms with Gasteiger partial charge in [0.25, 0.3) is 0 Å². The summed E-state index contributed by atoms with van der Waals surface area (Å²) in [5.41, 5.74) is 1.58. The van der Waals surface area contributed by atoms with Gasteiger partial charge in [0.1, 0.15) is 0 Å². The minimum absolute atomic E-state index is 0.538. The zero-order chi connectivity index (χ0) is 16.1. The van der Waals surface area contributed by atoms with Crippen molar-refractivity contribution in [3.05, 3.63) is 30.3 Å². The van der Waals surface area contributed by atoms with Crippen molar-refractivity contribution in [2.45, 2.75) is 0 Å². The highest BCUT2D eigenvalue weighted by Crippen LogP contribution is 2.44. The van der Waals surface area contributed by atoms with E-state index in [0.29, 0.717) is 28.7 Å². The van der Waals surface area contributed by atoms with Crippen LogP contribution in [0.1, 0.15) is 0 Å². The van der Waals surface area contributed by atoms with E-state index >= 15 is 0 Å². The number of hydrogen-bond acceptors (Lipinski definition) is 5. The Morgan fingerprint density at radius 3 is 1.68 bits per heavy atom. The highest BCUT2D eigenvalue weighted by atomic mass is 16.5. The standard InChI is InChI=1S/C17H19O5/c1-18-13-8-6-7-12(16(13)21-4)11-9-14(19-2)17(22-5)15(10-11)20-3/h6,8-10H,1-5H3. The van der Waals surface area contributed by atoms with Gasteiger partial charge >= 0.3 is 0 Å². The number of ether oxygens (including phenoxy) is 5. The molecule has 0 heterocycles. The maximum absolute atomic E-state index is 5.46. The van der Waals surface area contributed by atoms with E-state index in [0.717, 1.165) is 11.1 Å². The molecule has 0 spiro atoms. The summed E-state index contributed by atoms with van der Waals surface area (Å²) in [5.74, 6) is 2.89. The van der Waals surface area contributed by atoms with Crippen LogP contribution in [0.15, 0.2) is 24.3 Å². The van der Waals surface area contributed by atoms with Crippen molar-refractivity contribution in [3.8, 4) is 39.9 Å². The van der Waals surface area contributed by atoms with Gasteiger partial charge in [-0.15, -0.1) is 0 Å². The molecule has 0 aliphatic carbocycles. The Morgan fingerprint density at radius 1 is 0.682 bits per heavy atom. The zero-order valence-corrected chi connectivity index (χ0v) is 13.4. The third kappa shape index (κ3) is 2.74. The highest BCUT2D eigenvalue weighted by Gasteiger charge is 2.18. The molecule has 22 heavy (non-hydrogen) atoms. The third-order valence-corrected chi connectivity index (χ3v) is 3.29. The second kappa shape index (κ2) is 6.93. The van der Waals surface area contributed by atoms with Gasteiger partial charge in [-0.2, -0.15) is 0 Å². The van der Waals surface area contributed by atoms with Gasteiger partial charge in [0.15, 0.2) is 23.0 Å². The summed E-state index contributed by atoms with van der Waals surface area (Å²) in [6.45, 7) is 0. The average molecular weight is 303 g/mol. The summed E-state index contributed by atoms with van der Waals surface area (Å²) in [6.07, 6.45) is 0. The minimum Gasteiger partial charge on any atom is -0.493 e. The van der Waals surface area contributed by atoms with Crippen LogP contribution < -0.4 is 23.7 Å². The lowest BCUT2D eigenvalue weighted by Crippen LogP contribution is -1.97. The molecule has 0 aromatic heterocycles. The van der Waals surface area contributed by atoms with E-state index in [-0.39, 0.29) is 0 Å². The van der Waals surface area contributed by atoms with Gasteiger partial charge < -0.3 is 23.7 Å². The van der Waals surface area contributed by atoms with Gasteiger partial charge in [-0.05, 0) is 35.9 Å². The topological polar surface area (TPSA) is 46.2 Å². The number of benzene rings is 2. The molecule has 5 heteroatoms. The van der Waals surface area contributed by atoms with Crippen LogP contribution in [0.25, 0.3) is 11.1 Å². The number of methoxy groups -OCH3 is 5. The molecule has 0 atom stereocenters. The summed E-state index contributed by atoms with van der Waals surface area (Å²) in [6, 6.07) is 10.4. The van der Waals surface area contributed by atoms with Crippen molar-refractivity contribution in [2.24, 2.45) is 0 Å². The molecule has 2 aromatic carbocycles. The Labute approximate surface area is 130 Å². The van der Waals surface area contributed by atoms with E-state index in [9.17, 15) is 0 Å². The van der Waals surface area contributed by atoms with E-state index in [1.165, 1.54) is 0 Å². The summed E-state index contributed by atoms with van der Waals surface area (Å²) in [5, 5.41) is 0. The monoisotopic (exact) mass is 303 g/mol. The Morgan fingerprint density at radius 2 is 1.23 bits per heavy atom. The fraction of sp³-hybridized carbons (Fsp3) is 0.294. The molecule has 5 nitrogen and oxygen atoms in total. The Balaban J connectivity index is 2.68. The van der Waals surface area contributed by atoms with Crippen LogP contribution in [-0.2, 0) is 0 Å². The van der Waals surface area contributed by atoms with Crippen LogP contribution in [0.2, 0.25) is 0 Å². The van der Waals surface area contributed by atoms with E-state index < -0.39 is 0 Å². The van der Waals surface area contributed by atoms with Gasteiger partial charge in [0.2, 0.25) is 5.75 Å². The minimum atomic E-state index is 0.538. The van der Waals surface area contributed by atoms with Crippen molar-refractivity contribution < 1.29 is 23.7 Å². The van der Waals surface area contributed by atoms with Crippen LogP contribution >= 0.6 is 0 Å². The fourth-order valence-corrected chi connectivity index (χ4v) is 2.27. The summed E-state index contributed by atoms with van der Waals surface area (Å²) >= 11 is 0. The molecule has 1 radical (unpaired) electrons. The van der Waals surface area contributed by atoms with E-state index in [1.54, 1.807) is 47.7 Å². The largest absolute Gasteiger partial charge is 0.493 e. The predicted octanol–water partition coefficient (Wildman–Crippen LogP) is 3.20.